The van der Waals surface area contributed by atoms with Crippen LogP contribution in [0.3, 0.4) is 0 Å². The van der Waals surface area contributed by atoms with Crippen LogP contribution in [0.15, 0.2) is 12.4 Å². The van der Waals surface area contributed by atoms with Gasteiger partial charge in [-0.25, -0.2) is 0 Å². The Labute approximate surface area is 125 Å². The molecule has 1 heterocycles. The lowest BCUT2D eigenvalue weighted by Gasteiger charge is -2.34. The van der Waals surface area contributed by atoms with Crippen molar-refractivity contribution in [2.45, 2.75) is 72.3 Å². The van der Waals surface area contributed by atoms with E-state index in [1.165, 1.54) is 37.7 Å². The van der Waals surface area contributed by atoms with Gasteiger partial charge in [-0.2, -0.15) is 5.10 Å². The standard InChI is InChI=1S/C17H33N3/c1-6-8-10-17(7-2,14-18-15(3)4)11-9-16-12-19-20(5)13-16/h12-13,15,18H,6-11,14H2,1-5H3. The topological polar surface area (TPSA) is 29.9 Å². The third-order valence-electron chi connectivity index (χ3n) is 4.40. The summed E-state index contributed by atoms with van der Waals surface area (Å²) in [5.74, 6) is 0. The molecule has 20 heavy (non-hydrogen) atoms. The van der Waals surface area contributed by atoms with Crippen molar-refractivity contribution in [3.8, 4) is 0 Å². The molecule has 1 unspecified atom stereocenters. The monoisotopic (exact) mass is 279 g/mol. The van der Waals surface area contributed by atoms with E-state index in [0.29, 0.717) is 11.5 Å². The van der Waals surface area contributed by atoms with Crippen molar-refractivity contribution in [1.82, 2.24) is 15.1 Å². The van der Waals surface area contributed by atoms with Gasteiger partial charge in [0.15, 0.2) is 0 Å². The number of rotatable bonds is 10. The van der Waals surface area contributed by atoms with Crippen LogP contribution in [0.4, 0.5) is 0 Å². The van der Waals surface area contributed by atoms with Crippen LogP contribution in [0.25, 0.3) is 0 Å². The predicted molar refractivity (Wildman–Crippen MR) is 86.9 cm³/mol. The molecule has 3 nitrogen and oxygen atoms in total. The Morgan fingerprint density at radius 3 is 2.55 bits per heavy atom. The van der Waals surface area contributed by atoms with Gasteiger partial charge in [-0.3, -0.25) is 4.68 Å². The van der Waals surface area contributed by atoms with Crippen LogP contribution in [0, 0.1) is 5.41 Å². The minimum Gasteiger partial charge on any atom is -0.314 e. The van der Waals surface area contributed by atoms with Crippen LogP contribution in [0.5, 0.6) is 0 Å². The first kappa shape index (κ1) is 17.2. The number of nitrogens with zero attached hydrogens (tertiary/aromatic N) is 2. The summed E-state index contributed by atoms with van der Waals surface area (Å²) < 4.78 is 1.90. The summed E-state index contributed by atoms with van der Waals surface area (Å²) in [6.07, 6.45) is 11.8. The quantitative estimate of drug-likeness (QED) is 0.703. The van der Waals surface area contributed by atoms with Crippen molar-refractivity contribution in [2.24, 2.45) is 12.5 Å². The molecule has 0 saturated heterocycles. The van der Waals surface area contributed by atoms with E-state index >= 15 is 0 Å². The molecule has 0 saturated carbocycles. The van der Waals surface area contributed by atoms with E-state index in [1.54, 1.807) is 0 Å². The number of hydrogen-bond acceptors (Lipinski definition) is 2. The molecule has 1 aromatic heterocycles. The molecule has 0 aliphatic heterocycles. The van der Waals surface area contributed by atoms with Crippen molar-refractivity contribution < 1.29 is 0 Å². The molecule has 1 N–H and O–H groups in total. The van der Waals surface area contributed by atoms with Gasteiger partial charge in [0.1, 0.15) is 0 Å². The fraction of sp³-hybridized carbons (Fsp3) is 0.824. The van der Waals surface area contributed by atoms with E-state index < -0.39 is 0 Å². The molecule has 0 fully saturated rings. The molecule has 0 radical (unpaired) electrons. The molecule has 0 aliphatic rings. The molecule has 1 atom stereocenters. The average Bonchev–Trinajstić information content (AvgIpc) is 2.84. The molecule has 0 spiro atoms. The molecule has 0 amide bonds. The number of aryl methyl sites for hydroxylation is 2. The van der Waals surface area contributed by atoms with Gasteiger partial charge in [0.05, 0.1) is 6.20 Å². The third-order valence-corrected chi connectivity index (χ3v) is 4.40. The summed E-state index contributed by atoms with van der Waals surface area (Å²) in [6.45, 7) is 10.3. The van der Waals surface area contributed by atoms with E-state index in [1.807, 2.05) is 17.9 Å². The van der Waals surface area contributed by atoms with Gasteiger partial charge in [-0.1, -0.05) is 40.5 Å². The summed E-state index contributed by atoms with van der Waals surface area (Å²) in [6, 6.07) is 0.570. The van der Waals surface area contributed by atoms with E-state index in [9.17, 15) is 0 Å². The Bertz CT molecular complexity index is 370. The van der Waals surface area contributed by atoms with Crippen LogP contribution in [-0.4, -0.2) is 22.4 Å². The number of nitrogens with one attached hydrogen (secondary N) is 1. The summed E-state index contributed by atoms with van der Waals surface area (Å²) in [5.41, 5.74) is 1.81. The molecule has 3 heteroatoms. The largest absolute Gasteiger partial charge is 0.314 e. The number of hydrogen-bond donors (Lipinski definition) is 1. The Balaban J connectivity index is 2.63. The van der Waals surface area contributed by atoms with Gasteiger partial charge in [-0.15, -0.1) is 0 Å². The molecule has 1 aromatic rings. The van der Waals surface area contributed by atoms with Crippen LogP contribution in [0.1, 0.15) is 65.4 Å². The zero-order valence-corrected chi connectivity index (χ0v) is 14.1. The molecular formula is C17H33N3. The van der Waals surface area contributed by atoms with Crippen molar-refractivity contribution in [3.63, 3.8) is 0 Å². The second-order valence-electron chi connectivity index (χ2n) is 6.51. The van der Waals surface area contributed by atoms with Gasteiger partial charge in [-0.05, 0) is 36.7 Å². The molecule has 0 aromatic carbocycles. The smallest absolute Gasteiger partial charge is 0.0521 e. The lowest BCUT2D eigenvalue weighted by Crippen LogP contribution is -2.37. The molecule has 116 valence electrons. The summed E-state index contributed by atoms with van der Waals surface area (Å²) in [7, 11) is 1.99. The maximum atomic E-state index is 4.28. The van der Waals surface area contributed by atoms with Gasteiger partial charge in [0.2, 0.25) is 0 Å². The lowest BCUT2D eigenvalue weighted by atomic mass is 9.75. The van der Waals surface area contributed by atoms with Gasteiger partial charge in [0.25, 0.3) is 0 Å². The normalized spacial score (nSPS) is 14.7. The zero-order chi connectivity index (χ0) is 15.0. The Morgan fingerprint density at radius 1 is 1.30 bits per heavy atom. The molecule has 0 aliphatic carbocycles. The van der Waals surface area contributed by atoms with Crippen LogP contribution in [-0.2, 0) is 13.5 Å². The van der Waals surface area contributed by atoms with Crippen molar-refractivity contribution in [2.75, 3.05) is 6.54 Å². The SMILES string of the molecule is CCCCC(CC)(CCc1cnn(C)c1)CNC(C)C. The van der Waals surface area contributed by atoms with E-state index in [4.69, 9.17) is 0 Å². The van der Waals surface area contributed by atoms with Crippen LogP contribution >= 0.6 is 0 Å². The zero-order valence-electron chi connectivity index (χ0n) is 14.1. The van der Waals surface area contributed by atoms with Crippen LogP contribution in [0.2, 0.25) is 0 Å². The van der Waals surface area contributed by atoms with Crippen molar-refractivity contribution in [3.05, 3.63) is 18.0 Å². The van der Waals surface area contributed by atoms with E-state index in [0.717, 1.165) is 13.0 Å². The Kier molecular flexibility index (Phi) is 7.28. The van der Waals surface area contributed by atoms with Crippen molar-refractivity contribution >= 4 is 0 Å². The van der Waals surface area contributed by atoms with Crippen molar-refractivity contribution in [1.29, 1.82) is 0 Å². The summed E-state index contributed by atoms with van der Waals surface area (Å²) >= 11 is 0. The highest BCUT2D eigenvalue weighted by molar-refractivity contribution is 5.04. The van der Waals surface area contributed by atoms with E-state index in [-0.39, 0.29) is 0 Å². The maximum absolute atomic E-state index is 4.28. The highest BCUT2D eigenvalue weighted by Gasteiger charge is 2.27. The fourth-order valence-corrected chi connectivity index (χ4v) is 2.76. The van der Waals surface area contributed by atoms with Gasteiger partial charge in [0, 0.05) is 25.8 Å². The lowest BCUT2D eigenvalue weighted by molar-refractivity contribution is 0.206. The minimum absolute atomic E-state index is 0.441. The van der Waals surface area contributed by atoms with Gasteiger partial charge >= 0.3 is 0 Å². The third kappa shape index (κ3) is 5.66. The number of aromatic nitrogens is 2. The summed E-state index contributed by atoms with van der Waals surface area (Å²) in [4.78, 5) is 0. The first-order valence-electron chi connectivity index (χ1n) is 8.22. The fourth-order valence-electron chi connectivity index (χ4n) is 2.76. The molecule has 0 bridgehead atoms. The second-order valence-corrected chi connectivity index (χ2v) is 6.51. The minimum atomic E-state index is 0.441. The molecule has 1 rings (SSSR count). The predicted octanol–water partition coefficient (Wildman–Crippen LogP) is 3.94. The van der Waals surface area contributed by atoms with E-state index in [2.05, 4.69) is 44.3 Å². The first-order valence-corrected chi connectivity index (χ1v) is 8.22. The van der Waals surface area contributed by atoms with Crippen LogP contribution < -0.4 is 5.32 Å². The summed E-state index contributed by atoms with van der Waals surface area (Å²) in [5, 5.41) is 7.95. The Morgan fingerprint density at radius 2 is 2.05 bits per heavy atom. The number of unbranched alkanes of at least 4 members (excludes halogenated alkanes) is 1. The average molecular weight is 279 g/mol. The second kappa shape index (κ2) is 8.46. The van der Waals surface area contributed by atoms with Gasteiger partial charge < -0.3 is 5.32 Å². The highest BCUT2D eigenvalue weighted by Crippen LogP contribution is 2.33. The Hall–Kier alpha value is -0.830. The first-order chi connectivity index (χ1) is 9.51. The highest BCUT2D eigenvalue weighted by atomic mass is 15.2. The maximum Gasteiger partial charge on any atom is 0.0521 e. The molecular weight excluding hydrogens is 246 g/mol.